The zero-order chi connectivity index (χ0) is 11.3. The van der Waals surface area contributed by atoms with Crippen LogP contribution in [0.1, 0.15) is 12.2 Å². The van der Waals surface area contributed by atoms with Gasteiger partial charge >= 0.3 is 5.97 Å². The SMILES string of the molecule is O=C(O)CCSCc1cc(=O)c(O)co1. The van der Waals surface area contributed by atoms with Crippen molar-refractivity contribution in [2.75, 3.05) is 5.75 Å². The molecule has 1 heterocycles. The van der Waals surface area contributed by atoms with Crippen LogP contribution in [0.15, 0.2) is 21.5 Å². The van der Waals surface area contributed by atoms with Gasteiger partial charge in [0.05, 0.1) is 12.2 Å². The average molecular weight is 230 g/mol. The summed E-state index contributed by atoms with van der Waals surface area (Å²) in [7, 11) is 0. The van der Waals surface area contributed by atoms with Gasteiger partial charge in [0.2, 0.25) is 5.43 Å². The second-order valence-corrected chi connectivity index (χ2v) is 3.90. The Morgan fingerprint density at radius 1 is 1.53 bits per heavy atom. The quantitative estimate of drug-likeness (QED) is 0.735. The van der Waals surface area contributed by atoms with E-state index >= 15 is 0 Å². The third kappa shape index (κ3) is 4.07. The predicted octanol–water partition coefficient (Wildman–Crippen LogP) is 1.05. The molecule has 1 aromatic heterocycles. The van der Waals surface area contributed by atoms with Gasteiger partial charge in [0.1, 0.15) is 12.0 Å². The molecule has 0 fully saturated rings. The van der Waals surface area contributed by atoms with Crippen LogP contribution in [0.2, 0.25) is 0 Å². The number of carbonyl (C=O) groups is 1. The van der Waals surface area contributed by atoms with E-state index in [1.165, 1.54) is 17.8 Å². The zero-order valence-electron chi connectivity index (χ0n) is 7.80. The molecule has 0 aliphatic carbocycles. The number of carboxylic acid groups (broad SMARTS) is 1. The van der Waals surface area contributed by atoms with Gasteiger partial charge in [-0.15, -0.1) is 0 Å². The van der Waals surface area contributed by atoms with E-state index in [-0.39, 0.29) is 6.42 Å². The Morgan fingerprint density at radius 3 is 2.87 bits per heavy atom. The minimum absolute atomic E-state index is 0.0764. The van der Waals surface area contributed by atoms with Crippen LogP contribution in [0.3, 0.4) is 0 Å². The molecule has 0 aromatic carbocycles. The Bertz CT molecular complexity index is 398. The number of aliphatic carboxylic acids is 1. The highest BCUT2D eigenvalue weighted by Gasteiger charge is 2.02. The maximum Gasteiger partial charge on any atom is 0.304 e. The second kappa shape index (κ2) is 5.45. The van der Waals surface area contributed by atoms with Crippen LogP contribution in [0.5, 0.6) is 5.75 Å². The Labute approximate surface area is 89.7 Å². The highest BCUT2D eigenvalue weighted by molar-refractivity contribution is 7.98. The van der Waals surface area contributed by atoms with Crippen molar-refractivity contribution in [2.24, 2.45) is 0 Å². The smallest absolute Gasteiger partial charge is 0.304 e. The van der Waals surface area contributed by atoms with Gasteiger partial charge in [0.15, 0.2) is 5.75 Å². The molecule has 6 heteroatoms. The zero-order valence-corrected chi connectivity index (χ0v) is 8.62. The second-order valence-electron chi connectivity index (χ2n) is 2.79. The summed E-state index contributed by atoms with van der Waals surface area (Å²) < 4.78 is 4.93. The van der Waals surface area contributed by atoms with Gasteiger partial charge in [-0.25, -0.2) is 0 Å². The van der Waals surface area contributed by atoms with Crippen molar-refractivity contribution < 1.29 is 19.4 Å². The maximum absolute atomic E-state index is 11.0. The number of thioether (sulfide) groups is 1. The van der Waals surface area contributed by atoms with Crippen molar-refractivity contribution in [3.05, 3.63) is 28.3 Å². The molecule has 0 spiro atoms. The highest BCUT2D eigenvalue weighted by atomic mass is 32.2. The molecule has 82 valence electrons. The third-order valence-corrected chi connectivity index (χ3v) is 2.55. The van der Waals surface area contributed by atoms with Crippen LogP contribution in [0.4, 0.5) is 0 Å². The number of aromatic hydroxyl groups is 1. The van der Waals surface area contributed by atoms with E-state index in [2.05, 4.69) is 0 Å². The first-order chi connectivity index (χ1) is 7.09. The van der Waals surface area contributed by atoms with Gasteiger partial charge in [-0.3, -0.25) is 9.59 Å². The molecule has 0 amide bonds. The van der Waals surface area contributed by atoms with E-state index in [9.17, 15) is 9.59 Å². The van der Waals surface area contributed by atoms with Gasteiger partial charge in [-0.05, 0) is 0 Å². The summed E-state index contributed by atoms with van der Waals surface area (Å²) in [4.78, 5) is 21.2. The number of rotatable bonds is 5. The summed E-state index contributed by atoms with van der Waals surface area (Å²) in [5.74, 6) is 0.0278. The van der Waals surface area contributed by atoms with E-state index in [0.717, 1.165) is 6.26 Å². The van der Waals surface area contributed by atoms with E-state index < -0.39 is 17.1 Å². The van der Waals surface area contributed by atoms with E-state index in [1.807, 2.05) is 0 Å². The molecule has 0 atom stereocenters. The average Bonchev–Trinajstić information content (AvgIpc) is 2.18. The molecule has 0 radical (unpaired) electrons. The van der Waals surface area contributed by atoms with Gasteiger partial charge in [0.25, 0.3) is 0 Å². The monoisotopic (exact) mass is 230 g/mol. The summed E-state index contributed by atoms with van der Waals surface area (Å²) in [6.07, 6.45) is 1.06. The van der Waals surface area contributed by atoms with Crippen LogP contribution in [0, 0.1) is 0 Å². The molecule has 15 heavy (non-hydrogen) atoms. The van der Waals surface area contributed by atoms with Gasteiger partial charge in [-0.1, -0.05) is 0 Å². The van der Waals surface area contributed by atoms with Gasteiger partial charge in [-0.2, -0.15) is 11.8 Å². The normalized spacial score (nSPS) is 10.1. The molecule has 1 rings (SSSR count). The van der Waals surface area contributed by atoms with Crippen LogP contribution in [0.25, 0.3) is 0 Å². The first-order valence-corrected chi connectivity index (χ1v) is 5.35. The predicted molar refractivity (Wildman–Crippen MR) is 55.1 cm³/mol. The summed E-state index contributed by atoms with van der Waals surface area (Å²) >= 11 is 1.35. The minimum Gasteiger partial charge on any atom is -0.502 e. The standard InChI is InChI=1S/C9H10O5S/c10-7-3-6(14-4-8(7)11)5-15-2-1-9(12)13/h3-4,11H,1-2,5H2,(H,12,13). The van der Waals surface area contributed by atoms with Crippen molar-refractivity contribution in [1.82, 2.24) is 0 Å². The summed E-state index contributed by atoms with van der Waals surface area (Å²) in [5, 5.41) is 17.3. The van der Waals surface area contributed by atoms with Gasteiger partial charge in [0, 0.05) is 11.8 Å². The molecular formula is C9H10O5S. The van der Waals surface area contributed by atoms with Crippen molar-refractivity contribution in [3.8, 4) is 5.75 Å². The largest absolute Gasteiger partial charge is 0.502 e. The molecule has 0 aliphatic rings. The lowest BCUT2D eigenvalue weighted by Gasteiger charge is -1.99. The number of carboxylic acids is 1. The molecule has 0 saturated carbocycles. The molecule has 0 unspecified atom stereocenters. The fourth-order valence-electron chi connectivity index (χ4n) is 0.852. The molecule has 5 nitrogen and oxygen atoms in total. The third-order valence-electron chi connectivity index (χ3n) is 1.57. The van der Waals surface area contributed by atoms with E-state index in [4.69, 9.17) is 14.6 Å². The molecule has 1 aromatic rings. The first-order valence-electron chi connectivity index (χ1n) is 4.20. The molecule has 0 bridgehead atoms. The molecule has 0 aliphatic heterocycles. The lowest BCUT2D eigenvalue weighted by Crippen LogP contribution is -2.00. The van der Waals surface area contributed by atoms with Crippen LogP contribution in [-0.4, -0.2) is 21.9 Å². The number of hydrogen-bond donors (Lipinski definition) is 2. The van der Waals surface area contributed by atoms with Gasteiger partial charge < -0.3 is 14.6 Å². The highest BCUT2D eigenvalue weighted by Crippen LogP contribution is 2.13. The maximum atomic E-state index is 11.0. The van der Waals surface area contributed by atoms with E-state index in [1.54, 1.807) is 0 Å². The topological polar surface area (TPSA) is 87.7 Å². The molecule has 0 saturated heterocycles. The van der Waals surface area contributed by atoms with Crippen LogP contribution in [-0.2, 0) is 10.5 Å². The summed E-state index contributed by atoms with van der Waals surface area (Å²) in [6, 6.07) is 1.20. The summed E-state index contributed by atoms with van der Waals surface area (Å²) in [6.45, 7) is 0. The van der Waals surface area contributed by atoms with E-state index in [0.29, 0.717) is 17.3 Å². The lowest BCUT2D eigenvalue weighted by molar-refractivity contribution is -0.136. The Hall–Kier alpha value is -1.43. The van der Waals surface area contributed by atoms with Crippen molar-refractivity contribution >= 4 is 17.7 Å². The van der Waals surface area contributed by atoms with Crippen LogP contribution >= 0.6 is 11.8 Å². The lowest BCUT2D eigenvalue weighted by atomic mass is 10.4. The minimum atomic E-state index is -0.852. The van der Waals surface area contributed by atoms with Crippen LogP contribution < -0.4 is 5.43 Å². The fourth-order valence-corrected chi connectivity index (χ4v) is 1.67. The van der Waals surface area contributed by atoms with Crippen molar-refractivity contribution in [3.63, 3.8) is 0 Å². The Kier molecular flexibility index (Phi) is 4.23. The molecular weight excluding hydrogens is 220 g/mol. The first kappa shape index (κ1) is 11.6. The van der Waals surface area contributed by atoms with Crippen molar-refractivity contribution in [1.29, 1.82) is 0 Å². The Morgan fingerprint density at radius 2 is 2.27 bits per heavy atom. The van der Waals surface area contributed by atoms with Crippen molar-refractivity contribution in [2.45, 2.75) is 12.2 Å². The fraction of sp³-hybridized carbons (Fsp3) is 0.333. The summed E-state index contributed by atoms with van der Waals surface area (Å²) in [5.41, 5.74) is -0.491. The Balaban J connectivity index is 2.41. The molecule has 2 N–H and O–H groups in total. The number of hydrogen-bond acceptors (Lipinski definition) is 5.